The minimum absolute atomic E-state index is 0.191. The van der Waals surface area contributed by atoms with Crippen LogP contribution in [-0.2, 0) is 6.61 Å². The summed E-state index contributed by atoms with van der Waals surface area (Å²) in [6.45, 7) is 0.191. The third kappa shape index (κ3) is 4.37. The second kappa shape index (κ2) is 7.51. The van der Waals surface area contributed by atoms with Gasteiger partial charge in [0.1, 0.15) is 18.2 Å². The molecular weight excluding hydrogens is 293 g/mol. The molecule has 2 aromatic rings. The van der Waals surface area contributed by atoms with Crippen molar-refractivity contribution in [2.24, 2.45) is 0 Å². The van der Waals surface area contributed by atoms with Crippen LogP contribution >= 0.6 is 11.6 Å². The van der Waals surface area contributed by atoms with Crippen molar-refractivity contribution in [1.82, 2.24) is 4.98 Å². The number of hydrogen-bond acceptors (Lipinski definition) is 3. The Kier molecular flexibility index (Phi) is 5.42. The van der Waals surface area contributed by atoms with Crippen molar-refractivity contribution in [3.05, 3.63) is 53.5 Å². The Morgan fingerprint density at radius 1 is 1.29 bits per heavy atom. The molecule has 0 amide bonds. The molecule has 0 N–H and O–H groups in total. The summed E-state index contributed by atoms with van der Waals surface area (Å²) in [6, 6.07) is 9.52. The molecule has 2 rings (SSSR count). The van der Waals surface area contributed by atoms with E-state index in [0.29, 0.717) is 22.9 Å². The summed E-state index contributed by atoms with van der Waals surface area (Å²) >= 11 is 5.53. The monoisotopic (exact) mass is 305 g/mol. The molecule has 0 aliphatic rings. The van der Waals surface area contributed by atoms with Crippen molar-refractivity contribution in [2.45, 2.75) is 6.61 Å². The van der Waals surface area contributed by atoms with Crippen LogP contribution in [0.1, 0.15) is 11.3 Å². The SMILES string of the molecule is COc1cccc(COc2cc(F)ccc2C#CCCl)n1. The lowest BCUT2D eigenvalue weighted by Gasteiger charge is -2.09. The van der Waals surface area contributed by atoms with Gasteiger partial charge < -0.3 is 9.47 Å². The van der Waals surface area contributed by atoms with E-state index in [1.165, 1.54) is 12.1 Å². The smallest absolute Gasteiger partial charge is 0.213 e. The van der Waals surface area contributed by atoms with Crippen LogP contribution in [0, 0.1) is 17.7 Å². The van der Waals surface area contributed by atoms with E-state index in [1.54, 1.807) is 25.3 Å². The third-order valence-corrected chi connectivity index (χ3v) is 2.73. The van der Waals surface area contributed by atoms with Crippen LogP contribution in [0.5, 0.6) is 11.6 Å². The lowest BCUT2D eigenvalue weighted by molar-refractivity contribution is 0.296. The molecule has 0 unspecified atom stereocenters. The molecule has 108 valence electrons. The van der Waals surface area contributed by atoms with Gasteiger partial charge in [-0.2, -0.15) is 0 Å². The zero-order valence-corrected chi connectivity index (χ0v) is 12.2. The number of aromatic nitrogens is 1. The third-order valence-electron chi connectivity index (χ3n) is 2.60. The van der Waals surface area contributed by atoms with Crippen molar-refractivity contribution >= 4 is 11.6 Å². The Balaban J connectivity index is 2.16. The normalized spacial score (nSPS) is 9.67. The van der Waals surface area contributed by atoms with E-state index in [-0.39, 0.29) is 18.3 Å². The minimum atomic E-state index is -0.389. The molecule has 0 atom stereocenters. The molecule has 5 heteroatoms. The van der Waals surface area contributed by atoms with Crippen molar-refractivity contribution in [2.75, 3.05) is 13.0 Å². The maximum Gasteiger partial charge on any atom is 0.213 e. The first kappa shape index (κ1) is 15.1. The predicted octanol–water partition coefficient (Wildman–Crippen LogP) is 3.40. The van der Waals surface area contributed by atoms with E-state index in [2.05, 4.69) is 16.8 Å². The van der Waals surface area contributed by atoms with Gasteiger partial charge in [-0.25, -0.2) is 9.37 Å². The molecule has 0 spiro atoms. The topological polar surface area (TPSA) is 31.4 Å². The minimum Gasteiger partial charge on any atom is -0.486 e. The summed E-state index contributed by atoms with van der Waals surface area (Å²) in [5, 5.41) is 0. The zero-order chi connectivity index (χ0) is 15.1. The van der Waals surface area contributed by atoms with Crippen molar-refractivity contribution in [3.63, 3.8) is 0 Å². The van der Waals surface area contributed by atoms with Crippen LogP contribution in [0.25, 0.3) is 0 Å². The molecular formula is C16H13ClFNO2. The fraction of sp³-hybridized carbons (Fsp3) is 0.188. The number of nitrogens with zero attached hydrogens (tertiary/aromatic N) is 1. The average molecular weight is 306 g/mol. The summed E-state index contributed by atoms with van der Waals surface area (Å²) < 4.78 is 24.0. The first-order valence-corrected chi connectivity index (χ1v) is 6.73. The summed E-state index contributed by atoms with van der Waals surface area (Å²) in [5.74, 6) is 6.22. The zero-order valence-electron chi connectivity index (χ0n) is 11.4. The van der Waals surface area contributed by atoms with E-state index in [0.717, 1.165) is 0 Å². The first-order chi connectivity index (χ1) is 10.2. The highest BCUT2D eigenvalue weighted by atomic mass is 35.5. The molecule has 0 aliphatic heterocycles. The predicted molar refractivity (Wildman–Crippen MR) is 79.1 cm³/mol. The number of benzene rings is 1. The summed E-state index contributed by atoms with van der Waals surface area (Å²) in [5.41, 5.74) is 1.26. The van der Waals surface area contributed by atoms with E-state index < -0.39 is 0 Å². The fourth-order valence-electron chi connectivity index (χ4n) is 1.65. The highest BCUT2D eigenvalue weighted by Gasteiger charge is 2.05. The van der Waals surface area contributed by atoms with Gasteiger partial charge in [0.25, 0.3) is 0 Å². The van der Waals surface area contributed by atoms with Crippen LogP contribution < -0.4 is 9.47 Å². The molecule has 0 saturated heterocycles. The fourth-order valence-corrected chi connectivity index (χ4v) is 1.72. The molecule has 0 bridgehead atoms. The van der Waals surface area contributed by atoms with Gasteiger partial charge in [0.05, 0.1) is 24.2 Å². The number of hydrogen-bond donors (Lipinski definition) is 0. The Labute approximate surface area is 127 Å². The van der Waals surface area contributed by atoms with Gasteiger partial charge >= 0.3 is 0 Å². The van der Waals surface area contributed by atoms with E-state index in [4.69, 9.17) is 21.1 Å². The quantitative estimate of drug-likeness (QED) is 0.641. The molecule has 1 heterocycles. The van der Waals surface area contributed by atoms with Gasteiger partial charge in [-0.3, -0.25) is 0 Å². The first-order valence-electron chi connectivity index (χ1n) is 6.20. The highest BCUT2D eigenvalue weighted by molar-refractivity contribution is 6.19. The molecule has 1 aromatic heterocycles. The number of alkyl halides is 1. The van der Waals surface area contributed by atoms with Gasteiger partial charge in [0, 0.05) is 12.1 Å². The average Bonchev–Trinajstić information content (AvgIpc) is 2.52. The summed E-state index contributed by atoms with van der Waals surface area (Å²) in [6.07, 6.45) is 0. The molecule has 0 fully saturated rings. The lowest BCUT2D eigenvalue weighted by atomic mass is 10.2. The maximum absolute atomic E-state index is 13.3. The number of pyridine rings is 1. The molecule has 3 nitrogen and oxygen atoms in total. The molecule has 0 aliphatic carbocycles. The van der Waals surface area contributed by atoms with Crippen molar-refractivity contribution < 1.29 is 13.9 Å². The van der Waals surface area contributed by atoms with Crippen LogP contribution in [0.2, 0.25) is 0 Å². The van der Waals surface area contributed by atoms with E-state index >= 15 is 0 Å². The van der Waals surface area contributed by atoms with Gasteiger partial charge in [0.2, 0.25) is 5.88 Å². The van der Waals surface area contributed by atoms with Crippen molar-refractivity contribution in [1.29, 1.82) is 0 Å². The van der Waals surface area contributed by atoms with Gasteiger partial charge in [-0.15, -0.1) is 11.6 Å². The van der Waals surface area contributed by atoms with Crippen LogP contribution in [0.4, 0.5) is 4.39 Å². The highest BCUT2D eigenvalue weighted by Crippen LogP contribution is 2.20. The number of ether oxygens (including phenoxy) is 2. The summed E-state index contributed by atoms with van der Waals surface area (Å²) in [4.78, 5) is 4.22. The Bertz CT molecular complexity index is 679. The molecule has 21 heavy (non-hydrogen) atoms. The molecule has 0 radical (unpaired) electrons. The number of rotatable bonds is 4. The maximum atomic E-state index is 13.3. The Morgan fingerprint density at radius 2 is 2.14 bits per heavy atom. The van der Waals surface area contributed by atoms with Crippen LogP contribution in [0.15, 0.2) is 36.4 Å². The lowest BCUT2D eigenvalue weighted by Crippen LogP contribution is -2.01. The van der Waals surface area contributed by atoms with E-state index in [9.17, 15) is 4.39 Å². The largest absolute Gasteiger partial charge is 0.486 e. The van der Waals surface area contributed by atoms with E-state index in [1.807, 2.05) is 6.07 Å². The molecule has 0 saturated carbocycles. The molecule has 1 aromatic carbocycles. The van der Waals surface area contributed by atoms with Crippen LogP contribution in [-0.4, -0.2) is 18.0 Å². The van der Waals surface area contributed by atoms with Gasteiger partial charge in [-0.1, -0.05) is 17.9 Å². The summed E-state index contributed by atoms with van der Waals surface area (Å²) in [7, 11) is 1.54. The van der Waals surface area contributed by atoms with Crippen LogP contribution in [0.3, 0.4) is 0 Å². The van der Waals surface area contributed by atoms with Gasteiger partial charge in [0.15, 0.2) is 0 Å². The number of halogens is 2. The van der Waals surface area contributed by atoms with Crippen molar-refractivity contribution in [3.8, 4) is 23.5 Å². The second-order valence-electron chi connectivity index (χ2n) is 4.04. The number of methoxy groups -OCH3 is 1. The standard InChI is InChI=1S/C16H13ClFNO2/c1-20-16-6-2-5-14(19-16)11-21-15-10-13(18)8-7-12(15)4-3-9-17/h2,5-8,10H,9,11H2,1H3. The second-order valence-corrected chi connectivity index (χ2v) is 4.30. The van der Waals surface area contributed by atoms with Gasteiger partial charge in [-0.05, 0) is 18.2 Å². The Hall–Kier alpha value is -2.25. The Morgan fingerprint density at radius 3 is 2.90 bits per heavy atom.